The number of nitrogen functional groups attached to an aromatic ring is 1. The average Bonchev–Trinajstić information content (AvgIpc) is 2.38. The second-order valence-corrected chi connectivity index (χ2v) is 4.16. The second kappa shape index (κ2) is 4.92. The van der Waals surface area contributed by atoms with Crippen LogP contribution in [-0.2, 0) is 0 Å². The maximum Gasteiger partial charge on any atom is 0.196 e. The van der Waals surface area contributed by atoms with E-state index in [0.717, 1.165) is 5.56 Å². The normalized spacial score (nSPS) is 10.1. The van der Waals surface area contributed by atoms with E-state index in [1.165, 1.54) is 0 Å². The Morgan fingerprint density at radius 2 is 1.94 bits per heavy atom. The maximum atomic E-state index is 12.4. The first kappa shape index (κ1) is 12.2. The summed E-state index contributed by atoms with van der Waals surface area (Å²) in [6.07, 6.45) is 0. The Balaban J connectivity index is 2.48. The summed E-state index contributed by atoms with van der Waals surface area (Å²) in [6.45, 7) is 1.95. The molecular weight excluding hydrogens is 226 g/mol. The van der Waals surface area contributed by atoms with Gasteiger partial charge in [0.15, 0.2) is 5.78 Å². The number of ketones is 1. The number of carbonyl (C=O) groups is 1. The Morgan fingerprint density at radius 3 is 2.61 bits per heavy atom. The van der Waals surface area contributed by atoms with E-state index in [4.69, 9.17) is 10.5 Å². The molecule has 18 heavy (non-hydrogen) atoms. The topological polar surface area (TPSA) is 52.3 Å². The lowest BCUT2D eigenvalue weighted by Gasteiger charge is -2.09. The van der Waals surface area contributed by atoms with E-state index in [0.29, 0.717) is 22.6 Å². The van der Waals surface area contributed by atoms with Crippen LogP contribution in [0.4, 0.5) is 5.69 Å². The molecule has 2 aromatic carbocycles. The minimum atomic E-state index is -0.0807. The highest BCUT2D eigenvalue weighted by Gasteiger charge is 2.14. The number of anilines is 1. The summed E-state index contributed by atoms with van der Waals surface area (Å²) in [7, 11) is 1.54. The minimum Gasteiger partial charge on any atom is -0.496 e. The van der Waals surface area contributed by atoms with Gasteiger partial charge in [-0.3, -0.25) is 4.79 Å². The second-order valence-electron chi connectivity index (χ2n) is 4.16. The van der Waals surface area contributed by atoms with E-state index in [-0.39, 0.29) is 5.78 Å². The Labute approximate surface area is 106 Å². The van der Waals surface area contributed by atoms with Gasteiger partial charge in [-0.15, -0.1) is 0 Å². The molecular formula is C15H15NO2. The number of ether oxygens (including phenoxy) is 1. The molecule has 0 aliphatic heterocycles. The van der Waals surface area contributed by atoms with Crippen molar-refractivity contribution < 1.29 is 9.53 Å². The van der Waals surface area contributed by atoms with Gasteiger partial charge >= 0.3 is 0 Å². The smallest absolute Gasteiger partial charge is 0.196 e. The van der Waals surface area contributed by atoms with Crippen molar-refractivity contribution in [1.29, 1.82) is 0 Å². The van der Waals surface area contributed by atoms with Gasteiger partial charge < -0.3 is 10.5 Å². The van der Waals surface area contributed by atoms with Gasteiger partial charge in [-0.25, -0.2) is 0 Å². The number of carbonyl (C=O) groups excluding carboxylic acids is 1. The maximum absolute atomic E-state index is 12.4. The molecule has 3 nitrogen and oxygen atoms in total. The van der Waals surface area contributed by atoms with Crippen LogP contribution in [0.15, 0.2) is 42.5 Å². The first-order chi connectivity index (χ1) is 8.61. The first-order valence-corrected chi connectivity index (χ1v) is 5.66. The number of hydrogen-bond acceptors (Lipinski definition) is 3. The van der Waals surface area contributed by atoms with Crippen LogP contribution in [0.3, 0.4) is 0 Å². The third-order valence-electron chi connectivity index (χ3n) is 2.75. The molecule has 0 heterocycles. The van der Waals surface area contributed by atoms with Crippen LogP contribution in [0.5, 0.6) is 5.75 Å². The van der Waals surface area contributed by atoms with E-state index in [1.807, 2.05) is 25.1 Å². The highest BCUT2D eigenvalue weighted by molar-refractivity contribution is 6.11. The Bertz CT molecular complexity index is 591. The summed E-state index contributed by atoms with van der Waals surface area (Å²) in [5.74, 6) is 0.457. The molecule has 0 amide bonds. The third-order valence-corrected chi connectivity index (χ3v) is 2.75. The van der Waals surface area contributed by atoms with Gasteiger partial charge in [0.05, 0.1) is 12.7 Å². The zero-order chi connectivity index (χ0) is 13.1. The molecule has 0 aliphatic rings. The van der Waals surface area contributed by atoms with Crippen molar-refractivity contribution in [2.75, 3.05) is 12.8 Å². The number of aryl methyl sites for hydroxylation is 1. The summed E-state index contributed by atoms with van der Waals surface area (Å²) in [6, 6.07) is 12.5. The quantitative estimate of drug-likeness (QED) is 0.664. The first-order valence-electron chi connectivity index (χ1n) is 5.66. The van der Waals surface area contributed by atoms with Crippen molar-refractivity contribution in [3.8, 4) is 5.75 Å². The molecule has 0 saturated heterocycles. The summed E-state index contributed by atoms with van der Waals surface area (Å²) in [5, 5.41) is 0. The van der Waals surface area contributed by atoms with Crippen molar-refractivity contribution in [3.05, 3.63) is 59.2 Å². The molecule has 0 fully saturated rings. The summed E-state index contributed by atoms with van der Waals surface area (Å²) in [5.41, 5.74) is 8.44. The molecule has 0 unspecified atom stereocenters. The molecule has 0 atom stereocenters. The summed E-state index contributed by atoms with van der Waals surface area (Å²) in [4.78, 5) is 12.4. The molecule has 2 N–H and O–H groups in total. The fraction of sp³-hybridized carbons (Fsp3) is 0.133. The number of nitrogens with two attached hydrogens (primary N) is 1. The molecule has 0 aliphatic carbocycles. The standard InChI is InChI=1S/C15H15NO2/c1-10-4-3-5-11(8-10)15(17)13-9-12(16)6-7-14(13)18-2/h3-9H,16H2,1-2H3. The van der Waals surface area contributed by atoms with Gasteiger partial charge in [-0.2, -0.15) is 0 Å². The molecule has 2 rings (SSSR count). The van der Waals surface area contributed by atoms with Crippen molar-refractivity contribution >= 4 is 11.5 Å². The lowest BCUT2D eigenvalue weighted by Crippen LogP contribution is -2.05. The van der Waals surface area contributed by atoms with Gasteiger partial charge in [-0.1, -0.05) is 23.8 Å². The number of rotatable bonds is 3. The van der Waals surface area contributed by atoms with E-state index in [9.17, 15) is 4.79 Å². The van der Waals surface area contributed by atoms with Crippen LogP contribution in [0, 0.1) is 6.92 Å². The van der Waals surface area contributed by atoms with E-state index in [2.05, 4.69) is 0 Å². The monoisotopic (exact) mass is 241 g/mol. The van der Waals surface area contributed by atoms with Crippen LogP contribution in [0.25, 0.3) is 0 Å². The van der Waals surface area contributed by atoms with Crippen LogP contribution < -0.4 is 10.5 Å². The molecule has 92 valence electrons. The van der Waals surface area contributed by atoms with Crippen LogP contribution in [-0.4, -0.2) is 12.9 Å². The van der Waals surface area contributed by atoms with Crippen molar-refractivity contribution in [2.24, 2.45) is 0 Å². The van der Waals surface area contributed by atoms with E-state index in [1.54, 1.807) is 31.4 Å². The highest BCUT2D eigenvalue weighted by atomic mass is 16.5. The average molecular weight is 241 g/mol. The van der Waals surface area contributed by atoms with Crippen LogP contribution in [0.1, 0.15) is 21.5 Å². The highest BCUT2D eigenvalue weighted by Crippen LogP contribution is 2.24. The van der Waals surface area contributed by atoms with Gasteiger partial charge in [0.2, 0.25) is 0 Å². The summed E-state index contributed by atoms with van der Waals surface area (Å²) >= 11 is 0. The molecule has 0 aromatic heterocycles. The molecule has 0 saturated carbocycles. The number of methoxy groups -OCH3 is 1. The Hall–Kier alpha value is -2.29. The zero-order valence-electron chi connectivity index (χ0n) is 10.4. The fourth-order valence-corrected chi connectivity index (χ4v) is 1.84. The lowest BCUT2D eigenvalue weighted by molar-refractivity contribution is 0.103. The molecule has 0 spiro atoms. The van der Waals surface area contributed by atoms with Gasteiger partial charge in [0.1, 0.15) is 5.75 Å². The summed E-state index contributed by atoms with van der Waals surface area (Å²) < 4.78 is 5.20. The van der Waals surface area contributed by atoms with E-state index < -0.39 is 0 Å². The minimum absolute atomic E-state index is 0.0807. The zero-order valence-corrected chi connectivity index (χ0v) is 10.4. The predicted molar refractivity (Wildman–Crippen MR) is 72.0 cm³/mol. The lowest BCUT2D eigenvalue weighted by atomic mass is 10.0. The molecule has 0 radical (unpaired) electrons. The van der Waals surface area contributed by atoms with Crippen molar-refractivity contribution in [3.63, 3.8) is 0 Å². The van der Waals surface area contributed by atoms with Crippen molar-refractivity contribution in [1.82, 2.24) is 0 Å². The molecule has 0 bridgehead atoms. The van der Waals surface area contributed by atoms with E-state index >= 15 is 0 Å². The van der Waals surface area contributed by atoms with Gasteiger partial charge in [0, 0.05) is 11.3 Å². The number of benzene rings is 2. The number of hydrogen-bond donors (Lipinski definition) is 1. The Kier molecular flexibility index (Phi) is 3.33. The van der Waals surface area contributed by atoms with Gasteiger partial charge in [0.25, 0.3) is 0 Å². The van der Waals surface area contributed by atoms with Gasteiger partial charge in [-0.05, 0) is 31.2 Å². The molecule has 3 heteroatoms. The van der Waals surface area contributed by atoms with Crippen LogP contribution in [0.2, 0.25) is 0 Å². The third kappa shape index (κ3) is 2.35. The molecule has 2 aromatic rings. The largest absolute Gasteiger partial charge is 0.496 e. The predicted octanol–water partition coefficient (Wildman–Crippen LogP) is 2.82. The van der Waals surface area contributed by atoms with Crippen molar-refractivity contribution in [2.45, 2.75) is 6.92 Å². The fourth-order valence-electron chi connectivity index (χ4n) is 1.84. The Morgan fingerprint density at radius 1 is 1.17 bits per heavy atom. The van der Waals surface area contributed by atoms with Crippen LogP contribution >= 0.6 is 0 Å². The SMILES string of the molecule is COc1ccc(N)cc1C(=O)c1cccc(C)c1.